The van der Waals surface area contributed by atoms with Crippen LogP contribution in [0.15, 0.2) is 0 Å². The third kappa shape index (κ3) is 3.19. The van der Waals surface area contributed by atoms with E-state index in [0.717, 1.165) is 12.8 Å². The molecule has 1 aliphatic carbocycles. The number of nitrogens with two attached hydrogens (primary N) is 1. The summed E-state index contributed by atoms with van der Waals surface area (Å²) >= 11 is 0. The fourth-order valence-corrected chi connectivity index (χ4v) is 1.66. The summed E-state index contributed by atoms with van der Waals surface area (Å²) in [4.78, 5) is 14.5. The van der Waals surface area contributed by atoms with E-state index >= 15 is 0 Å². The summed E-state index contributed by atoms with van der Waals surface area (Å²) < 4.78 is 5.07. The average molecular weight is 242 g/mol. The van der Waals surface area contributed by atoms with Gasteiger partial charge in [-0.25, -0.2) is 0 Å². The number of carbonyl (C=O) groups is 1. The summed E-state index contributed by atoms with van der Waals surface area (Å²) in [6.07, 6.45) is 2.22. The summed E-state index contributed by atoms with van der Waals surface area (Å²) in [6, 6.07) is 0.402. The van der Waals surface area contributed by atoms with E-state index in [4.69, 9.17) is 10.5 Å². The fraction of sp³-hybridized carbons (Fsp3) is 0.923. The number of nitrogens with zero attached hydrogens (tertiary/aromatic N) is 1. The Morgan fingerprint density at radius 3 is 2.24 bits per heavy atom. The summed E-state index contributed by atoms with van der Waals surface area (Å²) in [5, 5.41) is 0. The molecule has 0 heterocycles. The molecule has 0 aromatic heterocycles. The zero-order chi connectivity index (χ0) is 13.3. The first-order chi connectivity index (χ1) is 7.71. The maximum atomic E-state index is 12.6. The van der Waals surface area contributed by atoms with E-state index in [-0.39, 0.29) is 5.91 Å². The highest BCUT2D eigenvalue weighted by Crippen LogP contribution is 2.35. The normalized spacial score (nSPS) is 17.1. The minimum Gasteiger partial charge on any atom is -0.383 e. The molecule has 1 rings (SSSR count). The molecule has 0 aromatic rings. The van der Waals surface area contributed by atoms with Gasteiger partial charge in [-0.2, -0.15) is 0 Å². The van der Waals surface area contributed by atoms with Crippen LogP contribution in [-0.4, -0.2) is 42.6 Å². The molecule has 17 heavy (non-hydrogen) atoms. The lowest BCUT2D eigenvalue weighted by Gasteiger charge is -2.40. The monoisotopic (exact) mass is 242 g/mol. The molecule has 0 aromatic carbocycles. The molecule has 1 saturated carbocycles. The highest BCUT2D eigenvalue weighted by Gasteiger charge is 2.45. The van der Waals surface area contributed by atoms with E-state index in [1.807, 2.05) is 32.6 Å². The molecule has 4 heteroatoms. The molecule has 100 valence electrons. The number of rotatable bonds is 6. The van der Waals surface area contributed by atoms with Crippen LogP contribution in [0.2, 0.25) is 0 Å². The second-order valence-corrected chi connectivity index (χ2v) is 6.07. The molecule has 0 atom stereocenters. The number of hydrogen-bond donors (Lipinski definition) is 1. The standard InChI is InChI=1S/C13H26N2O2/c1-12(2,13(3,4)14)11(16)15(8-9-17-5)10-6-7-10/h10H,6-9,14H2,1-5H3. The summed E-state index contributed by atoms with van der Waals surface area (Å²) in [6.45, 7) is 8.93. The fourth-order valence-electron chi connectivity index (χ4n) is 1.66. The van der Waals surface area contributed by atoms with Crippen LogP contribution in [0.3, 0.4) is 0 Å². The molecule has 1 amide bonds. The molecule has 0 saturated heterocycles. The average Bonchev–Trinajstić information content (AvgIpc) is 3.00. The quantitative estimate of drug-likeness (QED) is 0.765. The molecular formula is C13H26N2O2. The van der Waals surface area contributed by atoms with Crippen molar-refractivity contribution in [3.8, 4) is 0 Å². The summed E-state index contributed by atoms with van der Waals surface area (Å²) in [5.74, 6) is 0.143. The summed E-state index contributed by atoms with van der Waals surface area (Å²) in [7, 11) is 1.66. The van der Waals surface area contributed by atoms with Gasteiger partial charge in [0.25, 0.3) is 0 Å². The van der Waals surface area contributed by atoms with Crippen LogP contribution in [-0.2, 0) is 9.53 Å². The predicted octanol–water partition coefficient (Wildman–Crippen LogP) is 1.39. The van der Waals surface area contributed by atoms with Crippen molar-refractivity contribution in [3.63, 3.8) is 0 Å². The highest BCUT2D eigenvalue weighted by atomic mass is 16.5. The minimum atomic E-state index is -0.552. The SMILES string of the molecule is COCCN(C(=O)C(C)(C)C(C)(C)N)C1CC1. The van der Waals surface area contributed by atoms with Gasteiger partial charge in [0.05, 0.1) is 12.0 Å². The van der Waals surface area contributed by atoms with Gasteiger partial charge in [-0.1, -0.05) is 0 Å². The van der Waals surface area contributed by atoms with Crippen molar-refractivity contribution in [1.29, 1.82) is 0 Å². The summed E-state index contributed by atoms with van der Waals surface area (Å²) in [5.41, 5.74) is 5.05. The maximum Gasteiger partial charge on any atom is 0.230 e. The third-order valence-electron chi connectivity index (χ3n) is 3.93. The second kappa shape index (κ2) is 4.94. The molecule has 4 nitrogen and oxygen atoms in total. The van der Waals surface area contributed by atoms with Crippen molar-refractivity contribution < 1.29 is 9.53 Å². The van der Waals surface area contributed by atoms with Crippen LogP contribution in [0.4, 0.5) is 0 Å². The number of hydrogen-bond acceptors (Lipinski definition) is 3. The Kier molecular flexibility index (Phi) is 4.20. The van der Waals surface area contributed by atoms with Crippen molar-refractivity contribution in [3.05, 3.63) is 0 Å². The van der Waals surface area contributed by atoms with E-state index in [1.165, 1.54) is 0 Å². The van der Waals surface area contributed by atoms with Gasteiger partial charge in [0, 0.05) is 25.2 Å². The molecule has 0 spiro atoms. The van der Waals surface area contributed by atoms with Crippen molar-refractivity contribution >= 4 is 5.91 Å². The van der Waals surface area contributed by atoms with E-state index in [2.05, 4.69) is 0 Å². The van der Waals surface area contributed by atoms with Gasteiger partial charge in [0.15, 0.2) is 0 Å². The molecule has 0 unspecified atom stereocenters. The Balaban J connectivity index is 2.77. The lowest BCUT2D eigenvalue weighted by Crippen LogP contribution is -2.57. The molecule has 1 aliphatic rings. The Labute approximate surface area is 104 Å². The van der Waals surface area contributed by atoms with Crippen LogP contribution in [0.25, 0.3) is 0 Å². The first kappa shape index (κ1) is 14.5. The van der Waals surface area contributed by atoms with Gasteiger partial charge in [-0.05, 0) is 40.5 Å². The molecule has 0 radical (unpaired) electrons. The zero-order valence-electron chi connectivity index (χ0n) is 11.7. The molecular weight excluding hydrogens is 216 g/mol. The second-order valence-electron chi connectivity index (χ2n) is 6.07. The Hall–Kier alpha value is -0.610. The van der Waals surface area contributed by atoms with Crippen LogP contribution >= 0.6 is 0 Å². The smallest absolute Gasteiger partial charge is 0.230 e. The van der Waals surface area contributed by atoms with E-state index in [0.29, 0.717) is 19.2 Å². The van der Waals surface area contributed by atoms with Gasteiger partial charge >= 0.3 is 0 Å². The first-order valence-electron chi connectivity index (χ1n) is 6.30. The van der Waals surface area contributed by atoms with Crippen LogP contribution < -0.4 is 5.73 Å². The third-order valence-corrected chi connectivity index (χ3v) is 3.93. The Bertz CT molecular complexity index is 278. The molecule has 0 aliphatic heterocycles. The van der Waals surface area contributed by atoms with Crippen molar-refractivity contribution in [2.45, 2.75) is 52.1 Å². The number of carbonyl (C=O) groups excluding carboxylic acids is 1. The van der Waals surface area contributed by atoms with Gasteiger partial charge < -0.3 is 15.4 Å². The van der Waals surface area contributed by atoms with Crippen molar-refractivity contribution in [1.82, 2.24) is 4.90 Å². The maximum absolute atomic E-state index is 12.6. The van der Waals surface area contributed by atoms with E-state index in [9.17, 15) is 4.79 Å². The lowest BCUT2D eigenvalue weighted by atomic mass is 9.74. The van der Waals surface area contributed by atoms with Gasteiger partial charge in [0.2, 0.25) is 5.91 Å². The van der Waals surface area contributed by atoms with E-state index in [1.54, 1.807) is 7.11 Å². The van der Waals surface area contributed by atoms with Gasteiger partial charge in [-0.15, -0.1) is 0 Å². The lowest BCUT2D eigenvalue weighted by molar-refractivity contribution is -0.144. The number of amides is 1. The van der Waals surface area contributed by atoms with Crippen LogP contribution in [0.1, 0.15) is 40.5 Å². The minimum absolute atomic E-state index is 0.143. The van der Waals surface area contributed by atoms with Crippen molar-refractivity contribution in [2.24, 2.45) is 11.1 Å². The topological polar surface area (TPSA) is 55.6 Å². The first-order valence-corrected chi connectivity index (χ1v) is 6.30. The van der Waals surface area contributed by atoms with Gasteiger partial charge in [-0.3, -0.25) is 4.79 Å². The zero-order valence-corrected chi connectivity index (χ0v) is 11.7. The Morgan fingerprint density at radius 2 is 1.88 bits per heavy atom. The number of methoxy groups -OCH3 is 1. The van der Waals surface area contributed by atoms with Crippen LogP contribution in [0, 0.1) is 5.41 Å². The Morgan fingerprint density at radius 1 is 1.35 bits per heavy atom. The molecule has 0 bridgehead atoms. The van der Waals surface area contributed by atoms with E-state index < -0.39 is 11.0 Å². The largest absolute Gasteiger partial charge is 0.383 e. The van der Waals surface area contributed by atoms with Gasteiger partial charge in [0.1, 0.15) is 0 Å². The van der Waals surface area contributed by atoms with Crippen LogP contribution in [0.5, 0.6) is 0 Å². The molecule has 2 N–H and O–H groups in total. The van der Waals surface area contributed by atoms with Crippen molar-refractivity contribution in [2.75, 3.05) is 20.3 Å². The number of ether oxygens (including phenoxy) is 1. The predicted molar refractivity (Wildman–Crippen MR) is 68.7 cm³/mol. The molecule has 1 fully saturated rings. The highest BCUT2D eigenvalue weighted by molar-refractivity contribution is 5.84.